The first-order valence-corrected chi connectivity index (χ1v) is 5.31. The van der Waals surface area contributed by atoms with E-state index in [0.29, 0.717) is 5.65 Å². The SMILES string of the molecule is CNc1ccccc1-c1nc2ncncc2[nH]1. The molecule has 0 aliphatic heterocycles. The van der Waals surface area contributed by atoms with E-state index in [-0.39, 0.29) is 0 Å². The average molecular weight is 225 g/mol. The van der Waals surface area contributed by atoms with Crippen LogP contribution in [0.25, 0.3) is 22.6 Å². The predicted octanol–water partition coefficient (Wildman–Crippen LogP) is 2.06. The van der Waals surface area contributed by atoms with E-state index in [4.69, 9.17) is 0 Å². The molecule has 0 aliphatic carbocycles. The van der Waals surface area contributed by atoms with Gasteiger partial charge < -0.3 is 10.3 Å². The minimum atomic E-state index is 0.681. The number of benzene rings is 1. The Kier molecular flexibility index (Phi) is 2.22. The highest BCUT2D eigenvalue weighted by atomic mass is 15.0. The van der Waals surface area contributed by atoms with Crippen molar-refractivity contribution >= 4 is 16.9 Å². The van der Waals surface area contributed by atoms with Crippen LogP contribution in [0.1, 0.15) is 0 Å². The molecule has 0 saturated carbocycles. The highest BCUT2D eigenvalue weighted by molar-refractivity contribution is 5.80. The van der Waals surface area contributed by atoms with Crippen molar-refractivity contribution in [2.24, 2.45) is 0 Å². The van der Waals surface area contributed by atoms with Gasteiger partial charge in [0.2, 0.25) is 0 Å². The fraction of sp³-hybridized carbons (Fsp3) is 0.0833. The van der Waals surface area contributed by atoms with Crippen LogP contribution in [0.5, 0.6) is 0 Å². The summed E-state index contributed by atoms with van der Waals surface area (Å²) in [6.07, 6.45) is 3.22. The smallest absolute Gasteiger partial charge is 0.181 e. The van der Waals surface area contributed by atoms with Crippen molar-refractivity contribution in [1.29, 1.82) is 0 Å². The van der Waals surface area contributed by atoms with E-state index in [0.717, 1.165) is 22.6 Å². The van der Waals surface area contributed by atoms with Crippen molar-refractivity contribution in [2.75, 3.05) is 12.4 Å². The van der Waals surface area contributed by atoms with Crippen LogP contribution in [0.2, 0.25) is 0 Å². The van der Waals surface area contributed by atoms with E-state index < -0.39 is 0 Å². The summed E-state index contributed by atoms with van der Waals surface area (Å²) in [6, 6.07) is 7.98. The van der Waals surface area contributed by atoms with Crippen LogP contribution in [-0.2, 0) is 0 Å². The lowest BCUT2D eigenvalue weighted by Crippen LogP contribution is -1.92. The molecule has 0 atom stereocenters. The summed E-state index contributed by atoms with van der Waals surface area (Å²) in [6.45, 7) is 0. The first-order valence-electron chi connectivity index (χ1n) is 5.31. The first kappa shape index (κ1) is 9.77. The molecular formula is C12H11N5. The Balaban J connectivity index is 2.20. The van der Waals surface area contributed by atoms with E-state index in [1.165, 1.54) is 6.33 Å². The molecule has 3 aromatic rings. The lowest BCUT2D eigenvalue weighted by atomic mass is 10.1. The van der Waals surface area contributed by atoms with E-state index in [1.807, 2.05) is 31.3 Å². The number of hydrogen-bond donors (Lipinski definition) is 2. The molecule has 5 heteroatoms. The highest BCUT2D eigenvalue weighted by Crippen LogP contribution is 2.26. The number of aromatic nitrogens is 4. The molecule has 0 radical (unpaired) electrons. The Morgan fingerprint density at radius 1 is 1.24 bits per heavy atom. The summed E-state index contributed by atoms with van der Waals surface area (Å²) < 4.78 is 0. The van der Waals surface area contributed by atoms with Gasteiger partial charge in [-0.15, -0.1) is 0 Å². The molecule has 17 heavy (non-hydrogen) atoms. The predicted molar refractivity (Wildman–Crippen MR) is 66.7 cm³/mol. The van der Waals surface area contributed by atoms with Gasteiger partial charge in [0.1, 0.15) is 17.7 Å². The number of anilines is 1. The number of fused-ring (bicyclic) bond motifs is 1. The Labute approximate surface area is 98.0 Å². The third-order valence-corrected chi connectivity index (χ3v) is 2.61. The lowest BCUT2D eigenvalue weighted by Gasteiger charge is -2.05. The van der Waals surface area contributed by atoms with Gasteiger partial charge in [0.15, 0.2) is 5.65 Å². The topological polar surface area (TPSA) is 66.5 Å². The lowest BCUT2D eigenvalue weighted by molar-refractivity contribution is 1.20. The van der Waals surface area contributed by atoms with Crippen molar-refractivity contribution < 1.29 is 0 Å². The molecule has 2 N–H and O–H groups in total. The molecule has 1 aromatic carbocycles. The fourth-order valence-electron chi connectivity index (χ4n) is 1.80. The molecule has 3 rings (SSSR count). The van der Waals surface area contributed by atoms with Crippen LogP contribution in [-0.4, -0.2) is 27.0 Å². The molecule has 2 aromatic heterocycles. The second-order valence-corrected chi connectivity index (χ2v) is 3.64. The van der Waals surface area contributed by atoms with Gasteiger partial charge in [-0.3, -0.25) is 0 Å². The molecule has 2 heterocycles. The van der Waals surface area contributed by atoms with Gasteiger partial charge in [0, 0.05) is 18.3 Å². The Hall–Kier alpha value is -2.43. The second-order valence-electron chi connectivity index (χ2n) is 3.64. The van der Waals surface area contributed by atoms with Crippen molar-refractivity contribution in [3.8, 4) is 11.4 Å². The summed E-state index contributed by atoms with van der Waals surface area (Å²) in [7, 11) is 1.89. The molecule has 0 spiro atoms. The van der Waals surface area contributed by atoms with Gasteiger partial charge in [-0.1, -0.05) is 12.1 Å². The van der Waals surface area contributed by atoms with Crippen LogP contribution in [0.3, 0.4) is 0 Å². The van der Waals surface area contributed by atoms with Gasteiger partial charge in [-0.05, 0) is 12.1 Å². The normalized spacial score (nSPS) is 10.6. The maximum atomic E-state index is 4.44. The number of H-pyrrole nitrogens is 1. The molecule has 0 saturated heterocycles. The quantitative estimate of drug-likeness (QED) is 0.700. The average Bonchev–Trinajstić information content (AvgIpc) is 2.82. The maximum absolute atomic E-state index is 4.44. The zero-order chi connectivity index (χ0) is 11.7. The van der Waals surface area contributed by atoms with Crippen molar-refractivity contribution in [2.45, 2.75) is 0 Å². The Morgan fingerprint density at radius 3 is 2.94 bits per heavy atom. The Morgan fingerprint density at radius 2 is 2.12 bits per heavy atom. The minimum Gasteiger partial charge on any atom is -0.388 e. The number of nitrogens with zero attached hydrogens (tertiary/aromatic N) is 3. The van der Waals surface area contributed by atoms with Gasteiger partial charge in [-0.2, -0.15) is 0 Å². The zero-order valence-electron chi connectivity index (χ0n) is 9.31. The zero-order valence-corrected chi connectivity index (χ0v) is 9.31. The molecule has 0 unspecified atom stereocenters. The number of aromatic amines is 1. The minimum absolute atomic E-state index is 0.681. The number of imidazole rings is 1. The van der Waals surface area contributed by atoms with E-state index in [9.17, 15) is 0 Å². The van der Waals surface area contributed by atoms with Crippen LogP contribution in [0, 0.1) is 0 Å². The molecule has 0 aliphatic rings. The second kappa shape index (κ2) is 3.86. The summed E-state index contributed by atoms with van der Waals surface area (Å²) in [5, 5.41) is 3.14. The standard InChI is InChI=1S/C12H11N5/c1-13-9-5-3-2-4-8(9)11-16-10-6-14-7-15-12(10)17-11/h2-7,13H,1H3,(H,14,15,16,17). The number of para-hydroxylation sites is 1. The van der Waals surface area contributed by atoms with E-state index in [1.54, 1.807) is 6.20 Å². The summed E-state index contributed by atoms with van der Waals surface area (Å²) in [5.74, 6) is 0.797. The van der Waals surface area contributed by atoms with Gasteiger partial charge in [0.25, 0.3) is 0 Å². The monoisotopic (exact) mass is 225 g/mol. The van der Waals surface area contributed by atoms with Crippen LogP contribution < -0.4 is 5.32 Å². The summed E-state index contributed by atoms with van der Waals surface area (Å²) in [5.41, 5.74) is 3.57. The maximum Gasteiger partial charge on any atom is 0.181 e. The largest absolute Gasteiger partial charge is 0.388 e. The highest BCUT2D eigenvalue weighted by Gasteiger charge is 2.08. The molecule has 84 valence electrons. The van der Waals surface area contributed by atoms with Gasteiger partial charge in [0.05, 0.1) is 6.20 Å². The number of rotatable bonds is 2. The molecule has 5 nitrogen and oxygen atoms in total. The third-order valence-electron chi connectivity index (χ3n) is 2.61. The number of nitrogens with one attached hydrogen (secondary N) is 2. The Bertz CT molecular complexity index is 626. The van der Waals surface area contributed by atoms with E-state index in [2.05, 4.69) is 25.3 Å². The van der Waals surface area contributed by atoms with Crippen LogP contribution in [0.4, 0.5) is 5.69 Å². The molecular weight excluding hydrogens is 214 g/mol. The molecule has 0 bridgehead atoms. The molecule has 0 amide bonds. The van der Waals surface area contributed by atoms with Crippen molar-refractivity contribution in [3.05, 3.63) is 36.8 Å². The third kappa shape index (κ3) is 1.61. The number of hydrogen-bond acceptors (Lipinski definition) is 4. The molecule has 0 fully saturated rings. The fourth-order valence-corrected chi connectivity index (χ4v) is 1.80. The van der Waals surface area contributed by atoms with Crippen molar-refractivity contribution in [1.82, 2.24) is 19.9 Å². The van der Waals surface area contributed by atoms with Gasteiger partial charge in [-0.25, -0.2) is 15.0 Å². The van der Waals surface area contributed by atoms with Crippen LogP contribution >= 0.6 is 0 Å². The summed E-state index contributed by atoms with van der Waals surface area (Å²) >= 11 is 0. The van der Waals surface area contributed by atoms with Gasteiger partial charge >= 0.3 is 0 Å². The van der Waals surface area contributed by atoms with E-state index >= 15 is 0 Å². The van der Waals surface area contributed by atoms with Crippen molar-refractivity contribution in [3.63, 3.8) is 0 Å². The first-order chi connectivity index (χ1) is 8.38. The summed E-state index contributed by atoms with van der Waals surface area (Å²) in [4.78, 5) is 15.7. The van der Waals surface area contributed by atoms with Crippen LogP contribution in [0.15, 0.2) is 36.8 Å².